The van der Waals surface area contributed by atoms with Crippen LogP contribution in [0.1, 0.15) is 12.0 Å². The molecule has 2 saturated heterocycles. The number of carboxylic acid groups (broad SMARTS) is 2. The first kappa shape index (κ1) is 33.9. The van der Waals surface area contributed by atoms with E-state index in [2.05, 4.69) is 5.32 Å². The number of β-lactam (4-membered cyclic amide) rings is 1. The Kier molecular flexibility index (Phi) is 10.0. The van der Waals surface area contributed by atoms with Crippen LogP contribution in [-0.2, 0) is 37.1 Å². The molecule has 5 N–H and O–H groups in total. The quantitative estimate of drug-likeness (QED) is 0.103. The molecule has 3 aliphatic heterocycles. The van der Waals surface area contributed by atoms with Crippen molar-refractivity contribution in [1.82, 2.24) is 9.80 Å². The number of amides is 3. The summed E-state index contributed by atoms with van der Waals surface area (Å²) >= 11 is 1.38. The van der Waals surface area contributed by atoms with Crippen molar-refractivity contribution in [1.29, 1.82) is 0 Å². The van der Waals surface area contributed by atoms with Crippen LogP contribution in [0.4, 0.5) is 23.2 Å². The Morgan fingerprint density at radius 2 is 1.83 bits per heavy atom. The molecule has 18 heteroatoms. The number of hydrogen-bond acceptors (Lipinski definition) is 9. The number of nitrogens with one attached hydrogen (secondary N) is 1. The molecular formula is C28H25F4N5O8S. The van der Waals surface area contributed by atoms with Gasteiger partial charge in [-0.05, 0) is 35.8 Å². The lowest BCUT2D eigenvalue weighted by Crippen LogP contribution is -2.68. The molecule has 46 heavy (non-hydrogen) atoms. The smallest absolute Gasteiger partial charge is 0.430 e. The van der Waals surface area contributed by atoms with Crippen molar-refractivity contribution in [3.63, 3.8) is 0 Å². The minimum absolute atomic E-state index is 0.0252. The number of fused-ring (bicyclic) bond motifs is 1. The van der Waals surface area contributed by atoms with E-state index in [0.29, 0.717) is 36.4 Å². The predicted octanol–water partition coefficient (Wildman–Crippen LogP) is -0.00410. The SMILES string of the molecule is N[C@@H]1C(=O)N2C(C(=O)O)=C(/C=C3\CCN(Cc4cc[n+](CC(=O)Nc5ccc(O)c(F)c5)cc4)C3=O)CS[C@H]12.O=C([O-])C(F)(F)F. The Balaban J connectivity index is 0.000000617. The maximum Gasteiger partial charge on any atom is 0.430 e. The maximum atomic E-state index is 13.5. The standard InChI is InChI=1S/C26H24FN5O6S.C2HF3O2/c27-18-10-17(1-2-19(18)33)29-20(34)12-30-6-3-14(4-7-30)11-31-8-5-15(23(31)35)9-16-13-39-25-21(28)24(36)32(25)22(16)26(37)38;3-2(4,5)1(6)7/h1-4,6-7,9-10,21,25H,5,8,11-13,28H2,(H2-,29,33,34,37,38);(H,6,7)/b15-9+;/t21-,25-;/m1./s1. The second-order valence-electron chi connectivity index (χ2n) is 10.1. The molecule has 2 aromatic rings. The molecule has 0 bridgehead atoms. The van der Waals surface area contributed by atoms with E-state index in [-0.39, 0.29) is 29.7 Å². The third-order valence-corrected chi connectivity index (χ3v) is 8.25. The molecule has 0 saturated carbocycles. The van der Waals surface area contributed by atoms with Crippen molar-refractivity contribution in [2.75, 3.05) is 17.6 Å². The van der Waals surface area contributed by atoms with Gasteiger partial charge in [-0.2, -0.15) is 17.7 Å². The number of hydrogen-bond donors (Lipinski definition) is 4. The van der Waals surface area contributed by atoms with Crippen LogP contribution in [-0.4, -0.2) is 79.6 Å². The van der Waals surface area contributed by atoms with Crippen LogP contribution in [0.3, 0.4) is 0 Å². The highest BCUT2D eigenvalue weighted by molar-refractivity contribution is 8.00. The number of anilines is 1. The van der Waals surface area contributed by atoms with E-state index < -0.39 is 47.0 Å². The van der Waals surface area contributed by atoms with Crippen molar-refractivity contribution >= 4 is 47.1 Å². The molecule has 13 nitrogen and oxygen atoms in total. The highest BCUT2D eigenvalue weighted by atomic mass is 32.2. The van der Waals surface area contributed by atoms with E-state index in [1.807, 2.05) is 0 Å². The summed E-state index contributed by atoms with van der Waals surface area (Å²) in [5.74, 6) is -6.25. The number of aromatic hydroxyl groups is 1. The number of likely N-dealkylation sites (tertiary alicyclic amines) is 1. The third-order valence-electron chi connectivity index (χ3n) is 6.93. The maximum absolute atomic E-state index is 13.5. The Morgan fingerprint density at radius 1 is 1.17 bits per heavy atom. The largest absolute Gasteiger partial charge is 0.542 e. The number of allylic oxidation sites excluding steroid dienone is 1. The molecule has 1 aromatic heterocycles. The van der Waals surface area contributed by atoms with Gasteiger partial charge in [0, 0.05) is 48.3 Å². The van der Waals surface area contributed by atoms with E-state index in [1.54, 1.807) is 40.1 Å². The molecule has 0 aliphatic carbocycles. The number of rotatable bonds is 7. The van der Waals surface area contributed by atoms with Crippen LogP contribution < -0.4 is 20.7 Å². The number of phenolic OH excluding ortho intramolecular Hbond substituents is 1. The second kappa shape index (κ2) is 13.6. The Morgan fingerprint density at radius 3 is 2.41 bits per heavy atom. The van der Waals surface area contributed by atoms with Gasteiger partial charge in [-0.25, -0.2) is 9.18 Å². The van der Waals surface area contributed by atoms with Crippen LogP contribution in [0, 0.1) is 5.82 Å². The van der Waals surface area contributed by atoms with Gasteiger partial charge in [0.15, 0.2) is 24.0 Å². The van der Waals surface area contributed by atoms with E-state index >= 15 is 0 Å². The van der Waals surface area contributed by atoms with Crippen molar-refractivity contribution in [3.8, 4) is 5.75 Å². The second-order valence-corrected chi connectivity index (χ2v) is 11.2. The number of thioether (sulfide) groups is 1. The fourth-order valence-corrected chi connectivity index (χ4v) is 5.94. The molecule has 5 rings (SSSR count). The lowest BCUT2D eigenvalue weighted by atomic mass is 10.0. The Bertz CT molecular complexity index is 1650. The van der Waals surface area contributed by atoms with Gasteiger partial charge in [-0.15, -0.1) is 11.8 Å². The minimum Gasteiger partial charge on any atom is -0.542 e. The van der Waals surface area contributed by atoms with Gasteiger partial charge < -0.3 is 36.1 Å². The van der Waals surface area contributed by atoms with Gasteiger partial charge in [0.1, 0.15) is 23.1 Å². The zero-order valence-corrected chi connectivity index (χ0v) is 24.3. The van der Waals surface area contributed by atoms with E-state index in [4.69, 9.17) is 15.6 Å². The van der Waals surface area contributed by atoms with Crippen molar-refractivity contribution in [2.45, 2.75) is 37.1 Å². The number of aliphatic carboxylic acids is 2. The number of alkyl halides is 3. The number of benzene rings is 1. The molecule has 244 valence electrons. The average molecular weight is 668 g/mol. The lowest BCUT2D eigenvalue weighted by molar-refractivity contribution is -0.684. The van der Waals surface area contributed by atoms with Crippen LogP contribution in [0.5, 0.6) is 5.75 Å². The zero-order valence-electron chi connectivity index (χ0n) is 23.5. The van der Waals surface area contributed by atoms with E-state index in [1.165, 1.54) is 22.7 Å². The number of carbonyl (C=O) groups is 5. The normalized spacial score (nSPS) is 20.2. The van der Waals surface area contributed by atoms with Crippen molar-refractivity contribution in [3.05, 3.63) is 77.0 Å². The number of carboxylic acids is 2. The minimum atomic E-state index is -5.19. The predicted molar refractivity (Wildman–Crippen MR) is 148 cm³/mol. The Hall–Kier alpha value is -4.97. The van der Waals surface area contributed by atoms with E-state index in [0.717, 1.165) is 17.7 Å². The summed E-state index contributed by atoms with van der Waals surface area (Å²) in [4.78, 5) is 61.0. The molecule has 0 unspecified atom stereocenters. The molecule has 0 spiro atoms. The molecule has 3 amide bonds. The highest BCUT2D eigenvalue weighted by Gasteiger charge is 2.51. The highest BCUT2D eigenvalue weighted by Crippen LogP contribution is 2.40. The lowest BCUT2D eigenvalue weighted by Gasteiger charge is -2.47. The summed E-state index contributed by atoms with van der Waals surface area (Å²) in [5.41, 5.74) is 7.64. The molecule has 3 aliphatic rings. The van der Waals surface area contributed by atoms with Gasteiger partial charge in [-0.3, -0.25) is 19.3 Å². The number of nitrogens with two attached hydrogens (primary N) is 1. The molecule has 4 heterocycles. The van der Waals surface area contributed by atoms with Crippen LogP contribution in [0.2, 0.25) is 0 Å². The number of halogens is 4. The fraction of sp³-hybridized carbons (Fsp3) is 0.286. The fourth-order valence-electron chi connectivity index (χ4n) is 4.68. The number of pyridine rings is 1. The van der Waals surface area contributed by atoms with Crippen LogP contribution in [0.15, 0.2) is 65.6 Å². The van der Waals surface area contributed by atoms with Gasteiger partial charge >= 0.3 is 12.1 Å². The molecule has 2 fully saturated rings. The number of phenols is 1. The van der Waals surface area contributed by atoms with Gasteiger partial charge in [0.2, 0.25) is 18.4 Å². The van der Waals surface area contributed by atoms with Crippen LogP contribution >= 0.6 is 11.8 Å². The van der Waals surface area contributed by atoms with Crippen molar-refractivity contribution < 1.29 is 61.4 Å². The Labute approximate surface area is 261 Å². The van der Waals surface area contributed by atoms with Crippen LogP contribution in [0.25, 0.3) is 0 Å². The first-order valence-electron chi connectivity index (χ1n) is 13.3. The summed E-state index contributed by atoms with van der Waals surface area (Å²) in [6.45, 7) is 0.768. The zero-order chi connectivity index (χ0) is 33.9. The van der Waals surface area contributed by atoms with Gasteiger partial charge in [0.05, 0.1) is 0 Å². The number of aromatic nitrogens is 1. The summed E-state index contributed by atoms with van der Waals surface area (Å²) in [6, 6.07) is 6.42. The first-order chi connectivity index (χ1) is 21.6. The first-order valence-corrected chi connectivity index (χ1v) is 14.3. The summed E-state index contributed by atoms with van der Waals surface area (Å²) < 4.78 is 46.6. The topological polar surface area (TPSA) is 197 Å². The molecule has 2 atom stereocenters. The third kappa shape index (κ3) is 7.63. The number of carbonyl (C=O) groups excluding carboxylic acids is 4. The summed E-state index contributed by atoms with van der Waals surface area (Å²) in [5, 5.41) is 29.9. The average Bonchev–Trinajstić information content (AvgIpc) is 3.33. The molecule has 1 aromatic carbocycles. The van der Waals surface area contributed by atoms with Crippen molar-refractivity contribution in [2.24, 2.45) is 5.73 Å². The number of nitrogens with zero attached hydrogens (tertiary/aromatic N) is 3. The monoisotopic (exact) mass is 667 g/mol. The van der Waals surface area contributed by atoms with E-state index in [9.17, 15) is 47.0 Å². The van der Waals surface area contributed by atoms with Gasteiger partial charge in [-0.1, -0.05) is 0 Å². The van der Waals surface area contributed by atoms with Gasteiger partial charge in [0.25, 0.3) is 5.91 Å². The summed E-state index contributed by atoms with van der Waals surface area (Å²) in [6.07, 6.45) is 0.224. The summed E-state index contributed by atoms with van der Waals surface area (Å²) in [7, 11) is 0. The molecular weight excluding hydrogens is 642 g/mol. The molecule has 0 radical (unpaired) electrons.